The van der Waals surface area contributed by atoms with E-state index in [0.29, 0.717) is 23.2 Å². The Morgan fingerprint density at radius 1 is 1.45 bits per heavy atom. The van der Waals surface area contributed by atoms with Crippen molar-refractivity contribution in [3.05, 3.63) is 28.7 Å². The van der Waals surface area contributed by atoms with Gasteiger partial charge < -0.3 is 15.5 Å². The molecule has 3 rings (SSSR count). The molecular weight excluding hydrogens is 258 g/mol. The first-order chi connectivity index (χ1) is 9.61. The van der Waals surface area contributed by atoms with Crippen molar-refractivity contribution in [1.82, 2.24) is 4.98 Å². The minimum absolute atomic E-state index is 0.0439. The number of carbonyl (C=O) groups excluding carboxylic acids is 1. The van der Waals surface area contributed by atoms with Crippen molar-refractivity contribution in [3.8, 4) is 0 Å². The third kappa shape index (κ3) is 2.60. The van der Waals surface area contributed by atoms with Crippen molar-refractivity contribution in [2.45, 2.75) is 31.7 Å². The molecule has 0 bridgehead atoms. The second-order valence-corrected chi connectivity index (χ2v) is 5.33. The largest absolute Gasteiger partial charge is 0.417 e. The van der Waals surface area contributed by atoms with E-state index < -0.39 is 5.76 Å². The first-order valence-corrected chi connectivity index (χ1v) is 6.80. The topological polar surface area (TPSA) is 101 Å². The summed E-state index contributed by atoms with van der Waals surface area (Å²) in [6, 6.07) is 5.19. The Hall–Kier alpha value is -2.08. The highest BCUT2D eigenvalue weighted by molar-refractivity contribution is 5.92. The fourth-order valence-electron chi connectivity index (χ4n) is 2.80. The number of anilines is 1. The number of nitrogens with two attached hydrogens (primary N) is 1. The Bertz CT molecular complexity index is 688. The van der Waals surface area contributed by atoms with Gasteiger partial charge in [-0.1, -0.05) is 6.42 Å². The number of fused-ring (bicyclic) bond motifs is 1. The van der Waals surface area contributed by atoms with E-state index in [1.54, 1.807) is 18.2 Å². The maximum absolute atomic E-state index is 12.0. The van der Waals surface area contributed by atoms with E-state index >= 15 is 0 Å². The Labute approximate surface area is 115 Å². The number of rotatable bonds is 3. The summed E-state index contributed by atoms with van der Waals surface area (Å²) >= 11 is 0. The predicted molar refractivity (Wildman–Crippen MR) is 75.4 cm³/mol. The molecule has 0 unspecified atom stereocenters. The van der Waals surface area contributed by atoms with Gasteiger partial charge in [0.25, 0.3) is 0 Å². The number of oxazole rings is 1. The number of nitrogens with one attached hydrogen (secondary N) is 2. The van der Waals surface area contributed by atoms with Crippen LogP contribution in [0.1, 0.15) is 25.7 Å². The molecule has 1 heterocycles. The molecule has 2 aromatic rings. The van der Waals surface area contributed by atoms with Gasteiger partial charge in [-0.25, -0.2) is 4.79 Å². The van der Waals surface area contributed by atoms with Crippen molar-refractivity contribution in [2.24, 2.45) is 11.7 Å². The molecule has 2 atom stereocenters. The van der Waals surface area contributed by atoms with Crippen LogP contribution in [0.2, 0.25) is 0 Å². The molecule has 0 radical (unpaired) electrons. The van der Waals surface area contributed by atoms with Crippen molar-refractivity contribution in [1.29, 1.82) is 0 Å². The van der Waals surface area contributed by atoms with Crippen LogP contribution < -0.4 is 16.8 Å². The number of aromatic nitrogens is 1. The summed E-state index contributed by atoms with van der Waals surface area (Å²) in [7, 11) is 0. The molecular formula is C14H17N3O3. The highest BCUT2D eigenvalue weighted by Crippen LogP contribution is 2.27. The standard InChI is InChI=1S/C14H17N3O3/c15-10-3-1-2-8(10)6-13(18)16-9-4-5-12-11(7-9)17-14(19)20-12/h4-5,7-8,10H,1-3,6,15H2,(H,16,18)(H,17,19)/t8-,10+/m0/s1. The van der Waals surface area contributed by atoms with Gasteiger partial charge in [-0.3, -0.25) is 9.78 Å². The normalized spacial score (nSPS) is 22.2. The Morgan fingerprint density at radius 2 is 2.30 bits per heavy atom. The molecule has 1 fully saturated rings. The maximum atomic E-state index is 12.0. The SMILES string of the molecule is N[C@@H]1CCC[C@H]1CC(=O)Nc1ccc2oc(=O)[nH]c2c1. The van der Waals surface area contributed by atoms with Crippen LogP contribution in [0.4, 0.5) is 5.69 Å². The van der Waals surface area contributed by atoms with Crippen molar-refractivity contribution < 1.29 is 9.21 Å². The second-order valence-electron chi connectivity index (χ2n) is 5.33. The van der Waals surface area contributed by atoms with Gasteiger partial charge in [0.15, 0.2) is 5.58 Å². The van der Waals surface area contributed by atoms with Gasteiger partial charge in [-0.05, 0) is 37.0 Å². The number of hydrogen-bond donors (Lipinski definition) is 3. The van der Waals surface area contributed by atoms with Gasteiger partial charge in [-0.15, -0.1) is 0 Å². The van der Waals surface area contributed by atoms with Crippen LogP contribution in [0.3, 0.4) is 0 Å². The van der Waals surface area contributed by atoms with E-state index in [2.05, 4.69) is 10.3 Å². The minimum atomic E-state index is -0.500. The van der Waals surface area contributed by atoms with Crippen molar-refractivity contribution in [3.63, 3.8) is 0 Å². The van der Waals surface area contributed by atoms with Gasteiger partial charge in [0, 0.05) is 18.2 Å². The monoisotopic (exact) mass is 275 g/mol. The summed E-state index contributed by atoms with van der Waals surface area (Å²) in [6.45, 7) is 0. The van der Waals surface area contributed by atoms with E-state index in [-0.39, 0.29) is 17.9 Å². The number of hydrogen-bond acceptors (Lipinski definition) is 4. The average molecular weight is 275 g/mol. The Balaban J connectivity index is 1.69. The van der Waals surface area contributed by atoms with Gasteiger partial charge in [0.1, 0.15) is 0 Å². The van der Waals surface area contributed by atoms with E-state index in [4.69, 9.17) is 10.2 Å². The quantitative estimate of drug-likeness (QED) is 0.791. The van der Waals surface area contributed by atoms with Gasteiger partial charge in [0.2, 0.25) is 5.91 Å². The van der Waals surface area contributed by atoms with E-state index in [1.165, 1.54) is 0 Å². The molecule has 0 saturated heterocycles. The summed E-state index contributed by atoms with van der Waals surface area (Å²) in [6.07, 6.45) is 3.56. The lowest BCUT2D eigenvalue weighted by Crippen LogP contribution is -2.28. The van der Waals surface area contributed by atoms with Crippen LogP contribution in [-0.2, 0) is 4.79 Å². The lowest BCUT2D eigenvalue weighted by molar-refractivity contribution is -0.117. The Kier molecular flexibility index (Phi) is 3.31. The second kappa shape index (κ2) is 5.13. The van der Waals surface area contributed by atoms with Gasteiger partial charge >= 0.3 is 5.76 Å². The smallest absolute Gasteiger partial charge is 0.408 e. The molecule has 20 heavy (non-hydrogen) atoms. The molecule has 1 saturated carbocycles. The molecule has 1 aromatic carbocycles. The molecule has 1 aromatic heterocycles. The number of benzene rings is 1. The first-order valence-electron chi connectivity index (χ1n) is 6.80. The molecule has 106 valence electrons. The summed E-state index contributed by atoms with van der Waals surface area (Å²) in [5.41, 5.74) is 7.66. The third-order valence-electron chi connectivity index (χ3n) is 3.87. The minimum Gasteiger partial charge on any atom is -0.408 e. The zero-order chi connectivity index (χ0) is 14.1. The molecule has 4 N–H and O–H groups in total. The number of H-pyrrole nitrogens is 1. The van der Waals surface area contributed by atoms with Crippen molar-refractivity contribution >= 4 is 22.7 Å². The fourth-order valence-corrected chi connectivity index (χ4v) is 2.80. The molecule has 1 aliphatic carbocycles. The first kappa shape index (κ1) is 12.9. The molecule has 1 amide bonds. The number of amides is 1. The summed E-state index contributed by atoms with van der Waals surface area (Å²) in [5, 5.41) is 2.83. The summed E-state index contributed by atoms with van der Waals surface area (Å²) in [5.74, 6) is -0.273. The van der Waals surface area contributed by atoms with E-state index in [0.717, 1.165) is 19.3 Å². The van der Waals surface area contributed by atoms with Gasteiger partial charge in [0.05, 0.1) is 5.52 Å². The molecule has 1 aliphatic rings. The van der Waals surface area contributed by atoms with Crippen molar-refractivity contribution in [2.75, 3.05) is 5.32 Å². The summed E-state index contributed by atoms with van der Waals surface area (Å²) < 4.78 is 4.91. The number of aromatic amines is 1. The number of carbonyl (C=O) groups is 1. The van der Waals surface area contributed by atoms with Crippen LogP contribution in [0.25, 0.3) is 11.1 Å². The van der Waals surface area contributed by atoms with Crippen LogP contribution in [-0.4, -0.2) is 16.9 Å². The fraction of sp³-hybridized carbons (Fsp3) is 0.429. The molecule has 0 spiro atoms. The third-order valence-corrected chi connectivity index (χ3v) is 3.87. The van der Waals surface area contributed by atoms with E-state index in [9.17, 15) is 9.59 Å². The maximum Gasteiger partial charge on any atom is 0.417 e. The van der Waals surface area contributed by atoms with Crippen LogP contribution >= 0.6 is 0 Å². The van der Waals surface area contributed by atoms with Crippen LogP contribution in [0.5, 0.6) is 0 Å². The van der Waals surface area contributed by atoms with Gasteiger partial charge in [-0.2, -0.15) is 0 Å². The summed E-state index contributed by atoms with van der Waals surface area (Å²) in [4.78, 5) is 25.6. The molecule has 6 nitrogen and oxygen atoms in total. The van der Waals surface area contributed by atoms with E-state index in [1.807, 2.05) is 0 Å². The average Bonchev–Trinajstić information content (AvgIpc) is 2.94. The zero-order valence-corrected chi connectivity index (χ0v) is 11.0. The highest BCUT2D eigenvalue weighted by atomic mass is 16.4. The lowest BCUT2D eigenvalue weighted by atomic mass is 10.00. The molecule has 0 aliphatic heterocycles. The highest BCUT2D eigenvalue weighted by Gasteiger charge is 2.26. The Morgan fingerprint density at radius 3 is 3.05 bits per heavy atom. The predicted octanol–water partition coefficient (Wildman–Crippen LogP) is 1.58. The zero-order valence-electron chi connectivity index (χ0n) is 11.0. The van der Waals surface area contributed by atoms with Crippen LogP contribution in [0, 0.1) is 5.92 Å². The lowest BCUT2D eigenvalue weighted by Gasteiger charge is -2.14. The molecule has 6 heteroatoms. The van der Waals surface area contributed by atoms with Crippen LogP contribution in [0.15, 0.2) is 27.4 Å².